The van der Waals surface area contributed by atoms with E-state index >= 15 is 0 Å². The molecular weight excluding hydrogens is 437 g/mol. The van der Waals surface area contributed by atoms with E-state index in [-0.39, 0.29) is 23.5 Å². The number of carbonyl (C=O) groups excluding carboxylic acids is 1. The Morgan fingerprint density at radius 1 is 1.30 bits per heavy atom. The van der Waals surface area contributed by atoms with Crippen LogP contribution in [0, 0.1) is 5.82 Å². The SMILES string of the molecule is O=C1CCC(c2nc(-c3cccc(Br)c3)no2)N1Cc1ccc(F)cc1Cl. The monoisotopic (exact) mass is 449 g/mol. The van der Waals surface area contributed by atoms with Crippen molar-refractivity contribution in [1.29, 1.82) is 0 Å². The van der Waals surface area contributed by atoms with Gasteiger partial charge < -0.3 is 9.42 Å². The first-order chi connectivity index (χ1) is 13.0. The fraction of sp³-hybridized carbons (Fsp3) is 0.211. The predicted molar refractivity (Wildman–Crippen MR) is 101 cm³/mol. The number of nitrogens with zero attached hydrogens (tertiary/aromatic N) is 3. The minimum absolute atomic E-state index is 0.0254. The van der Waals surface area contributed by atoms with Gasteiger partial charge in [0, 0.05) is 28.0 Å². The van der Waals surface area contributed by atoms with Crippen molar-refractivity contribution < 1.29 is 13.7 Å². The van der Waals surface area contributed by atoms with E-state index in [1.54, 1.807) is 11.0 Å². The molecule has 2 heterocycles. The van der Waals surface area contributed by atoms with E-state index in [2.05, 4.69) is 26.1 Å². The molecule has 1 unspecified atom stereocenters. The Kier molecular flexibility index (Phi) is 4.97. The fourth-order valence-electron chi connectivity index (χ4n) is 3.14. The van der Waals surface area contributed by atoms with Crippen LogP contribution in [0.3, 0.4) is 0 Å². The van der Waals surface area contributed by atoms with Gasteiger partial charge in [0.05, 0.1) is 0 Å². The lowest BCUT2D eigenvalue weighted by atomic mass is 10.1. The van der Waals surface area contributed by atoms with Crippen molar-refractivity contribution in [2.75, 3.05) is 0 Å². The minimum atomic E-state index is -0.413. The molecule has 1 aliphatic heterocycles. The molecule has 4 rings (SSSR count). The number of halogens is 3. The first-order valence-corrected chi connectivity index (χ1v) is 9.51. The van der Waals surface area contributed by atoms with Crippen LogP contribution in [0.4, 0.5) is 4.39 Å². The standard InChI is InChI=1S/C19H14BrClFN3O2/c20-13-3-1-2-11(8-13)18-23-19(27-24-18)16-6-7-17(26)25(16)10-12-4-5-14(22)9-15(12)21/h1-5,8-9,16H,6-7,10H2. The number of benzene rings is 2. The van der Waals surface area contributed by atoms with Crippen molar-refractivity contribution in [3.05, 3.63) is 69.2 Å². The van der Waals surface area contributed by atoms with Gasteiger partial charge in [0.15, 0.2) is 0 Å². The van der Waals surface area contributed by atoms with Crippen molar-refractivity contribution in [3.8, 4) is 11.4 Å². The molecule has 2 aromatic carbocycles. The molecule has 0 aliphatic carbocycles. The Hall–Kier alpha value is -2.25. The highest BCUT2D eigenvalue weighted by Gasteiger charge is 2.36. The molecule has 138 valence electrons. The number of amides is 1. The van der Waals surface area contributed by atoms with E-state index in [0.717, 1.165) is 10.0 Å². The number of hydrogen-bond acceptors (Lipinski definition) is 4. The molecule has 0 spiro atoms. The van der Waals surface area contributed by atoms with Gasteiger partial charge in [-0.2, -0.15) is 4.98 Å². The third-order valence-electron chi connectivity index (χ3n) is 4.49. The van der Waals surface area contributed by atoms with E-state index in [9.17, 15) is 9.18 Å². The zero-order chi connectivity index (χ0) is 19.0. The van der Waals surface area contributed by atoms with Gasteiger partial charge in [0.2, 0.25) is 17.6 Å². The largest absolute Gasteiger partial charge is 0.337 e. The Morgan fingerprint density at radius 2 is 2.15 bits per heavy atom. The quantitative estimate of drug-likeness (QED) is 0.551. The van der Waals surface area contributed by atoms with Crippen molar-refractivity contribution in [2.45, 2.75) is 25.4 Å². The summed E-state index contributed by atoms with van der Waals surface area (Å²) < 4.78 is 19.6. The molecule has 1 atom stereocenters. The zero-order valence-corrected chi connectivity index (χ0v) is 16.4. The molecule has 3 aromatic rings. The molecule has 0 N–H and O–H groups in total. The summed E-state index contributed by atoms with van der Waals surface area (Å²) in [5.74, 6) is 0.408. The highest BCUT2D eigenvalue weighted by atomic mass is 79.9. The summed E-state index contributed by atoms with van der Waals surface area (Å²) in [6.45, 7) is 0.261. The van der Waals surface area contributed by atoms with Gasteiger partial charge in [-0.3, -0.25) is 4.79 Å². The average molecular weight is 451 g/mol. The van der Waals surface area contributed by atoms with E-state index in [1.807, 2.05) is 24.3 Å². The third kappa shape index (κ3) is 3.75. The maximum atomic E-state index is 13.3. The summed E-state index contributed by atoms with van der Waals surface area (Å²) in [5.41, 5.74) is 1.49. The van der Waals surface area contributed by atoms with Crippen LogP contribution in [0.5, 0.6) is 0 Å². The summed E-state index contributed by atoms with van der Waals surface area (Å²) in [6.07, 6.45) is 0.968. The van der Waals surface area contributed by atoms with Crippen molar-refractivity contribution >= 4 is 33.4 Å². The topological polar surface area (TPSA) is 59.2 Å². The van der Waals surface area contributed by atoms with Gasteiger partial charge in [-0.05, 0) is 36.2 Å². The fourth-order valence-corrected chi connectivity index (χ4v) is 3.76. The van der Waals surface area contributed by atoms with Crippen molar-refractivity contribution in [2.24, 2.45) is 0 Å². The molecular formula is C19H14BrClFN3O2. The smallest absolute Gasteiger partial charge is 0.249 e. The van der Waals surface area contributed by atoms with Crippen LogP contribution in [-0.2, 0) is 11.3 Å². The molecule has 1 aromatic heterocycles. The van der Waals surface area contributed by atoms with Gasteiger partial charge in [0.1, 0.15) is 11.9 Å². The van der Waals surface area contributed by atoms with Gasteiger partial charge in [-0.25, -0.2) is 4.39 Å². The van der Waals surface area contributed by atoms with Gasteiger partial charge in [0.25, 0.3) is 0 Å². The molecule has 27 heavy (non-hydrogen) atoms. The molecule has 8 heteroatoms. The summed E-state index contributed by atoms with van der Waals surface area (Å²) in [7, 11) is 0. The van der Waals surface area contributed by atoms with Crippen LogP contribution < -0.4 is 0 Å². The Labute approximate surface area is 168 Å². The Balaban J connectivity index is 1.60. The van der Waals surface area contributed by atoms with Gasteiger partial charge in [-0.1, -0.05) is 50.9 Å². The average Bonchev–Trinajstić information content (AvgIpc) is 3.25. The molecule has 1 fully saturated rings. The minimum Gasteiger partial charge on any atom is -0.337 e. The van der Waals surface area contributed by atoms with E-state index in [1.165, 1.54) is 12.1 Å². The second-order valence-corrected chi connectivity index (χ2v) is 7.60. The van der Waals surface area contributed by atoms with Crippen LogP contribution in [0.2, 0.25) is 5.02 Å². The second-order valence-electron chi connectivity index (χ2n) is 6.28. The molecule has 0 bridgehead atoms. The van der Waals surface area contributed by atoms with Crippen LogP contribution in [0.1, 0.15) is 30.3 Å². The molecule has 5 nitrogen and oxygen atoms in total. The summed E-state index contributed by atoms with van der Waals surface area (Å²) in [4.78, 5) is 18.5. The van der Waals surface area contributed by atoms with Crippen LogP contribution in [0.25, 0.3) is 11.4 Å². The highest BCUT2D eigenvalue weighted by molar-refractivity contribution is 9.10. The second kappa shape index (κ2) is 7.40. The van der Waals surface area contributed by atoms with Crippen LogP contribution in [-0.4, -0.2) is 20.9 Å². The van der Waals surface area contributed by atoms with Crippen molar-refractivity contribution in [1.82, 2.24) is 15.0 Å². The molecule has 0 radical (unpaired) electrons. The van der Waals surface area contributed by atoms with Crippen LogP contribution in [0.15, 0.2) is 51.5 Å². The maximum absolute atomic E-state index is 13.3. The maximum Gasteiger partial charge on any atom is 0.249 e. The molecule has 0 saturated carbocycles. The highest BCUT2D eigenvalue weighted by Crippen LogP contribution is 2.35. The molecule has 1 amide bonds. The Morgan fingerprint density at radius 3 is 2.93 bits per heavy atom. The third-order valence-corrected chi connectivity index (χ3v) is 5.34. The van der Waals surface area contributed by atoms with E-state index < -0.39 is 5.82 Å². The van der Waals surface area contributed by atoms with E-state index in [4.69, 9.17) is 16.1 Å². The number of rotatable bonds is 4. The van der Waals surface area contributed by atoms with E-state index in [0.29, 0.717) is 30.1 Å². The lowest BCUT2D eigenvalue weighted by molar-refractivity contribution is -0.129. The van der Waals surface area contributed by atoms with Gasteiger partial charge >= 0.3 is 0 Å². The molecule has 1 aliphatic rings. The normalized spacial score (nSPS) is 16.9. The number of carbonyl (C=O) groups is 1. The Bertz CT molecular complexity index is 1010. The predicted octanol–water partition coefficient (Wildman–Crippen LogP) is 5.16. The molecule has 1 saturated heterocycles. The number of hydrogen-bond donors (Lipinski definition) is 0. The summed E-state index contributed by atoms with van der Waals surface area (Å²) in [5, 5.41) is 4.33. The summed E-state index contributed by atoms with van der Waals surface area (Å²) >= 11 is 9.54. The zero-order valence-electron chi connectivity index (χ0n) is 14.0. The summed E-state index contributed by atoms with van der Waals surface area (Å²) in [6, 6.07) is 11.4. The first-order valence-electron chi connectivity index (χ1n) is 8.34. The van der Waals surface area contributed by atoms with Gasteiger partial charge in [-0.15, -0.1) is 0 Å². The lowest BCUT2D eigenvalue weighted by Crippen LogP contribution is -2.27. The van der Waals surface area contributed by atoms with Crippen LogP contribution >= 0.6 is 27.5 Å². The first kappa shape index (κ1) is 18.1. The number of likely N-dealkylation sites (tertiary alicyclic amines) is 1. The van der Waals surface area contributed by atoms with Crippen molar-refractivity contribution in [3.63, 3.8) is 0 Å². The number of aromatic nitrogens is 2. The lowest BCUT2D eigenvalue weighted by Gasteiger charge is -2.22.